The topological polar surface area (TPSA) is 49.9 Å². The maximum atomic E-state index is 13.5. The maximum Gasteiger partial charge on any atom is 0.278 e. The second-order valence-electron chi connectivity index (χ2n) is 7.82. The van der Waals surface area contributed by atoms with Crippen LogP contribution < -0.4 is 0 Å². The zero-order valence-electron chi connectivity index (χ0n) is 17.2. The fourth-order valence-corrected chi connectivity index (χ4v) is 4.00. The van der Waals surface area contributed by atoms with Gasteiger partial charge in [0.2, 0.25) is 0 Å². The standard InChI is InChI=1S/C24H26N2O3/c1-16-4-7-19(8-5-16)15-26-23(27)21(20-9-6-17(2)14-18(20)3)22(24(26)28)25-10-12-29-13-11-25/h4-9,14H,10-13,15H2,1-3H3. The van der Waals surface area contributed by atoms with E-state index in [4.69, 9.17) is 4.74 Å². The number of ether oxygens (including phenoxy) is 1. The van der Waals surface area contributed by atoms with Gasteiger partial charge in [-0.05, 0) is 37.5 Å². The molecule has 0 radical (unpaired) electrons. The fourth-order valence-electron chi connectivity index (χ4n) is 4.00. The van der Waals surface area contributed by atoms with Crippen molar-refractivity contribution < 1.29 is 14.3 Å². The smallest absolute Gasteiger partial charge is 0.278 e. The predicted octanol–water partition coefficient (Wildman–Crippen LogP) is 3.22. The molecule has 1 saturated heterocycles. The summed E-state index contributed by atoms with van der Waals surface area (Å²) >= 11 is 0. The lowest BCUT2D eigenvalue weighted by atomic mass is 9.97. The van der Waals surface area contributed by atoms with Crippen LogP contribution in [0.5, 0.6) is 0 Å². The van der Waals surface area contributed by atoms with Gasteiger partial charge in [0.15, 0.2) is 0 Å². The summed E-state index contributed by atoms with van der Waals surface area (Å²) in [4.78, 5) is 30.3. The van der Waals surface area contributed by atoms with Crippen molar-refractivity contribution in [3.05, 3.63) is 76.0 Å². The van der Waals surface area contributed by atoms with Gasteiger partial charge in [-0.1, -0.05) is 53.6 Å². The Balaban J connectivity index is 1.76. The average molecular weight is 390 g/mol. The third-order valence-corrected chi connectivity index (χ3v) is 5.58. The number of carbonyl (C=O) groups is 2. The molecule has 2 amide bonds. The second-order valence-corrected chi connectivity index (χ2v) is 7.82. The third-order valence-electron chi connectivity index (χ3n) is 5.58. The number of amides is 2. The van der Waals surface area contributed by atoms with E-state index in [1.54, 1.807) is 0 Å². The molecule has 0 aliphatic carbocycles. The van der Waals surface area contributed by atoms with Crippen LogP contribution in [0.25, 0.3) is 5.57 Å². The molecule has 0 spiro atoms. The van der Waals surface area contributed by atoms with Gasteiger partial charge in [-0.2, -0.15) is 0 Å². The Kier molecular flexibility index (Phi) is 5.24. The molecule has 29 heavy (non-hydrogen) atoms. The highest BCUT2D eigenvalue weighted by molar-refractivity contribution is 6.35. The van der Waals surface area contributed by atoms with Gasteiger partial charge in [0.25, 0.3) is 11.8 Å². The molecule has 5 heteroatoms. The highest BCUT2D eigenvalue weighted by atomic mass is 16.5. The molecule has 2 aliphatic heterocycles. The Morgan fingerprint density at radius 3 is 2.17 bits per heavy atom. The van der Waals surface area contributed by atoms with E-state index in [-0.39, 0.29) is 18.4 Å². The van der Waals surface area contributed by atoms with Crippen molar-refractivity contribution in [2.45, 2.75) is 27.3 Å². The van der Waals surface area contributed by atoms with Gasteiger partial charge < -0.3 is 9.64 Å². The van der Waals surface area contributed by atoms with Crippen molar-refractivity contribution in [2.24, 2.45) is 0 Å². The lowest BCUT2D eigenvalue weighted by Gasteiger charge is -2.29. The van der Waals surface area contributed by atoms with Crippen LogP contribution >= 0.6 is 0 Å². The first kappa shape index (κ1) is 19.4. The van der Waals surface area contributed by atoms with Gasteiger partial charge >= 0.3 is 0 Å². The van der Waals surface area contributed by atoms with E-state index in [1.807, 2.05) is 62.1 Å². The number of aryl methyl sites for hydroxylation is 3. The highest BCUT2D eigenvalue weighted by Gasteiger charge is 2.42. The van der Waals surface area contributed by atoms with Gasteiger partial charge in [0.05, 0.1) is 25.3 Å². The van der Waals surface area contributed by atoms with Crippen LogP contribution in [0.4, 0.5) is 0 Å². The molecule has 4 rings (SSSR count). The molecule has 0 unspecified atom stereocenters. The molecule has 2 heterocycles. The van der Waals surface area contributed by atoms with Crippen molar-refractivity contribution >= 4 is 17.4 Å². The van der Waals surface area contributed by atoms with Crippen molar-refractivity contribution in [2.75, 3.05) is 26.3 Å². The summed E-state index contributed by atoms with van der Waals surface area (Å²) in [6, 6.07) is 14.0. The fraction of sp³-hybridized carbons (Fsp3) is 0.333. The van der Waals surface area contributed by atoms with E-state index in [0.29, 0.717) is 37.6 Å². The number of morpholine rings is 1. The minimum atomic E-state index is -0.219. The largest absolute Gasteiger partial charge is 0.378 e. The van der Waals surface area contributed by atoms with Crippen molar-refractivity contribution in [3.8, 4) is 0 Å². The van der Waals surface area contributed by atoms with Gasteiger partial charge in [-0.15, -0.1) is 0 Å². The number of imide groups is 1. The SMILES string of the molecule is Cc1ccc(CN2C(=O)C(c3ccc(C)cc3C)=C(N3CCOCC3)C2=O)cc1. The lowest BCUT2D eigenvalue weighted by Crippen LogP contribution is -2.40. The number of hydrogen-bond donors (Lipinski definition) is 0. The van der Waals surface area contributed by atoms with Crippen LogP contribution in [0.2, 0.25) is 0 Å². The van der Waals surface area contributed by atoms with E-state index in [9.17, 15) is 9.59 Å². The minimum Gasteiger partial charge on any atom is -0.378 e. The predicted molar refractivity (Wildman–Crippen MR) is 112 cm³/mol. The van der Waals surface area contributed by atoms with E-state index in [2.05, 4.69) is 6.07 Å². The first-order valence-corrected chi connectivity index (χ1v) is 10.0. The van der Waals surface area contributed by atoms with E-state index < -0.39 is 0 Å². The van der Waals surface area contributed by atoms with Crippen LogP contribution in [-0.4, -0.2) is 47.9 Å². The Hall–Kier alpha value is -2.92. The monoisotopic (exact) mass is 390 g/mol. The van der Waals surface area contributed by atoms with Gasteiger partial charge in [0.1, 0.15) is 5.70 Å². The quantitative estimate of drug-likeness (QED) is 0.752. The summed E-state index contributed by atoms with van der Waals surface area (Å²) in [6.07, 6.45) is 0. The number of nitrogens with zero attached hydrogens (tertiary/aromatic N) is 2. The zero-order valence-corrected chi connectivity index (χ0v) is 17.2. The molecule has 2 aromatic rings. The molecule has 2 aromatic carbocycles. The summed E-state index contributed by atoms with van der Waals surface area (Å²) in [5.41, 5.74) is 6.09. The zero-order chi connectivity index (χ0) is 20.5. The molecule has 0 atom stereocenters. The summed E-state index contributed by atoms with van der Waals surface area (Å²) in [5, 5.41) is 0. The van der Waals surface area contributed by atoms with E-state index in [0.717, 1.165) is 27.8 Å². The number of hydrogen-bond acceptors (Lipinski definition) is 4. The molecule has 150 valence electrons. The average Bonchev–Trinajstić information content (AvgIpc) is 2.95. The Morgan fingerprint density at radius 1 is 0.862 bits per heavy atom. The van der Waals surface area contributed by atoms with E-state index >= 15 is 0 Å². The van der Waals surface area contributed by atoms with Gasteiger partial charge in [-0.25, -0.2) is 0 Å². The summed E-state index contributed by atoms with van der Waals surface area (Å²) < 4.78 is 5.46. The maximum absolute atomic E-state index is 13.5. The van der Waals surface area contributed by atoms with Crippen LogP contribution in [0, 0.1) is 20.8 Å². The molecule has 2 aliphatic rings. The normalized spacial score (nSPS) is 17.5. The molecule has 0 saturated carbocycles. The Labute approximate surface area is 171 Å². The van der Waals surface area contributed by atoms with E-state index in [1.165, 1.54) is 4.90 Å². The number of rotatable bonds is 4. The first-order valence-electron chi connectivity index (χ1n) is 10.0. The summed E-state index contributed by atoms with van der Waals surface area (Å²) in [7, 11) is 0. The van der Waals surface area contributed by atoms with Crippen molar-refractivity contribution in [3.63, 3.8) is 0 Å². The van der Waals surface area contributed by atoms with Gasteiger partial charge in [-0.3, -0.25) is 14.5 Å². The van der Waals surface area contributed by atoms with Crippen LogP contribution in [-0.2, 0) is 20.9 Å². The molecule has 5 nitrogen and oxygen atoms in total. The Morgan fingerprint density at radius 2 is 1.52 bits per heavy atom. The number of benzene rings is 2. The molecule has 0 aromatic heterocycles. The molecule has 0 N–H and O–H groups in total. The summed E-state index contributed by atoms with van der Waals surface area (Å²) in [6.45, 7) is 8.66. The molecular formula is C24H26N2O3. The van der Waals surface area contributed by atoms with Crippen LogP contribution in [0.15, 0.2) is 48.2 Å². The number of carbonyl (C=O) groups excluding carboxylic acids is 2. The summed E-state index contributed by atoms with van der Waals surface area (Å²) in [5.74, 6) is -0.434. The third kappa shape index (κ3) is 3.70. The van der Waals surface area contributed by atoms with Crippen molar-refractivity contribution in [1.82, 2.24) is 9.80 Å². The van der Waals surface area contributed by atoms with Crippen LogP contribution in [0.3, 0.4) is 0 Å². The molecule has 1 fully saturated rings. The van der Waals surface area contributed by atoms with Crippen LogP contribution in [0.1, 0.15) is 27.8 Å². The Bertz CT molecular complexity index is 986. The minimum absolute atomic E-state index is 0.215. The molecular weight excluding hydrogens is 364 g/mol. The van der Waals surface area contributed by atoms with Gasteiger partial charge in [0, 0.05) is 13.1 Å². The lowest BCUT2D eigenvalue weighted by molar-refractivity contribution is -0.138. The highest BCUT2D eigenvalue weighted by Crippen LogP contribution is 2.34. The van der Waals surface area contributed by atoms with Crippen molar-refractivity contribution in [1.29, 1.82) is 0 Å². The molecule has 0 bridgehead atoms. The second kappa shape index (κ2) is 7.84. The first-order chi connectivity index (χ1) is 14.0.